The number of hydrogen-bond acceptors (Lipinski definition) is 7. The molecule has 196 valence electrons. The number of carbonyl (C=O) groups excluding carboxylic acids is 1. The van der Waals surface area contributed by atoms with Crippen molar-refractivity contribution in [3.05, 3.63) is 93.3 Å². The summed E-state index contributed by atoms with van der Waals surface area (Å²) in [6.07, 6.45) is 3.24. The van der Waals surface area contributed by atoms with Crippen LogP contribution in [-0.2, 0) is 4.79 Å². The fourth-order valence-corrected chi connectivity index (χ4v) is 4.49. The van der Waals surface area contributed by atoms with E-state index >= 15 is 0 Å². The van der Waals surface area contributed by atoms with Crippen molar-refractivity contribution in [2.75, 3.05) is 13.2 Å². The Morgan fingerprint density at radius 3 is 2.50 bits per heavy atom. The first-order chi connectivity index (χ1) is 18.4. The number of benzene rings is 3. The van der Waals surface area contributed by atoms with Crippen molar-refractivity contribution < 1.29 is 23.7 Å². The Bertz CT molecular complexity index is 1380. The molecule has 0 amide bonds. The average Bonchev–Trinajstić information content (AvgIpc) is 2.90. The Morgan fingerprint density at radius 1 is 1.03 bits per heavy atom. The van der Waals surface area contributed by atoms with Gasteiger partial charge in [-0.15, -0.1) is 0 Å². The smallest absolute Gasteiger partial charge is 0.349 e. The van der Waals surface area contributed by atoms with E-state index in [1.54, 1.807) is 30.3 Å². The van der Waals surface area contributed by atoms with E-state index in [4.69, 9.17) is 47.9 Å². The Kier molecular flexibility index (Phi) is 9.01. The van der Waals surface area contributed by atoms with Gasteiger partial charge in [-0.2, -0.15) is 5.26 Å². The van der Waals surface area contributed by atoms with Crippen molar-refractivity contribution in [2.24, 2.45) is 5.73 Å². The molecule has 0 aliphatic carbocycles. The second-order valence-electron chi connectivity index (χ2n) is 8.59. The van der Waals surface area contributed by atoms with Crippen molar-refractivity contribution in [1.82, 2.24) is 0 Å². The molecule has 0 saturated carbocycles. The third-order valence-electron chi connectivity index (χ3n) is 5.89. The predicted octanol–water partition coefficient (Wildman–Crippen LogP) is 6.76. The van der Waals surface area contributed by atoms with Gasteiger partial charge < -0.3 is 24.7 Å². The molecule has 1 atom stereocenters. The third kappa shape index (κ3) is 6.52. The number of fused-ring (bicyclic) bond motifs is 1. The first-order valence-electron chi connectivity index (χ1n) is 12.1. The van der Waals surface area contributed by atoms with Crippen LogP contribution in [-0.4, -0.2) is 19.2 Å². The Labute approximate surface area is 231 Å². The van der Waals surface area contributed by atoms with Crippen LogP contribution in [0.2, 0.25) is 10.0 Å². The zero-order valence-corrected chi connectivity index (χ0v) is 22.2. The summed E-state index contributed by atoms with van der Waals surface area (Å²) < 4.78 is 22.4. The zero-order valence-electron chi connectivity index (χ0n) is 20.7. The molecule has 7 nitrogen and oxygen atoms in total. The van der Waals surface area contributed by atoms with Crippen LogP contribution in [0, 0.1) is 11.3 Å². The monoisotopic (exact) mass is 552 g/mol. The van der Waals surface area contributed by atoms with E-state index in [0.717, 1.165) is 36.1 Å². The highest BCUT2D eigenvalue weighted by Gasteiger charge is 2.31. The van der Waals surface area contributed by atoms with Gasteiger partial charge in [0.25, 0.3) is 0 Å². The number of halogens is 2. The van der Waals surface area contributed by atoms with Crippen LogP contribution in [0.4, 0.5) is 0 Å². The number of carbonyl (C=O) groups is 1. The molecule has 3 aromatic rings. The van der Waals surface area contributed by atoms with E-state index in [2.05, 4.69) is 13.0 Å². The van der Waals surface area contributed by atoms with Crippen LogP contribution in [0.25, 0.3) is 0 Å². The highest BCUT2D eigenvalue weighted by molar-refractivity contribution is 6.35. The van der Waals surface area contributed by atoms with Gasteiger partial charge in [0.2, 0.25) is 5.88 Å². The first kappa shape index (κ1) is 27.2. The number of allylic oxidation sites excluding steroid dienone is 1. The lowest BCUT2D eigenvalue weighted by molar-refractivity contribution is -0.136. The predicted molar refractivity (Wildman–Crippen MR) is 145 cm³/mol. The highest BCUT2D eigenvalue weighted by atomic mass is 35.5. The van der Waals surface area contributed by atoms with Gasteiger partial charge in [-0.3, -0.25) is 0 Å². The van der Waals surface area contributed by atoms with Crippen molar-refractivity contribution in [3.8, 4) is 29.1 Å². The maximum atomic E-state index is 12.4. The maximum absolute atomic E-state index is 12.4. The lowest BCUT2D eigenvalue weighted by atomic mass is 9.83. The number of rotatable bonds is 10. The van der Waals surface area contributed by atoms with Gasteiger partial charge in [0.1, 0.15) is 34.6 Å². The summed E-state index contributed by atoms with van der Waals surface area (Å²) in [6.45, 7) is 2.44. The minimum absolute atomic E-state index is 0.00548. The lowest BCUT2D eigenvalue weighted by Gasteiger charge is -2.26. The molecule has 4 rings (SSSR count). The van der Waals surface area contributed by atoms with Gasteiger partial charge >= 0.3 is 5.97 Å². The lowest BCUT2D eigenvalue weighted by Crippen LogP contribution is -2.21. The van der Waals surface area contributed by atoms with Gasteiger partial charge in [0.15, 0.2) is 6.61 Å². The number of nitrogens with zero attached hydrogens (tertiary/aromatic N) is 1. The van der Waals surface area contributed by atoms with Crippen molar-refractivity contribution >= 4 is 29.2 Å². The van der Waals surface area contributed by atoms with Crippen LogP contribution < -0.4 is 24.7 Å². The largest absolute Gasteiger partial charge is 0.494 e. The van der Waals surface area contributed by atoms with Gasteiger partial charge in [0, 0.05) is 16.7 Å². The van der Waals surface area contributed by atoms with Gasteiger partial charge in [-0.05, 0) is 48.4 Å². The molecular formula is C29H26Cl2N2O5. The quantitative estimate of drug-likeness (QED) is 0.168. The summed E-state index contributed by atoms with van der Waals surface area (Å²) in [5.74, 6) is 0.604. The Hall–Kier alpha value is -3.86. The molecule has 1 aliphatic rings. The van der Waals surface area contributed by atoms with Crippen LogP contribution in [0.15, 0.2) is 72.1 Å². The Morgan fingerprint density at radius 2 is 1.79 bits per heavy atom. The molecule has 1 heterocycles. The molecule has 9 heteroatoms. The number of nitriles is 1. The fourth-order valence-electron chi connectivity index (χ4n) is 4.03. The molecule has 0 fully saturated rings. The second kappa shape index (κ2) is 12.6. The van der Waals surface area contributed by atoms with E-state index in [-0.39, 0.29) is 23.3 Å². The van der Waals surface area contributed by atoms with Crippen LogP contribution in [0.5, 0.6) is 23.0 Å². The average molecular weight is 553 g/mol. The molecule has 0 spiro atoms. The van der Waals surface area contributed by atoms with Crippen molar-refractivity contribution in [2.45, 2.75) is 32.1 Å². The molecule has 1 unspecified atom stereocenters. The topological polar surface area (TPSA) is 104 Å². The molecule has 2 N–H and O–H groups in total. The van der Waals surface area contributed by atoms with Gasteiger partial charge in [-0.1, -0.05) is 61.2 Å². The molecule has 1 aliphatic heterocycles. The summed E-state index contributed by atoms with van der Waals surface area (Å²) >= 11 is 12.0. The van der Waals surface area contributed by atoms with Crippen LogP contribution in [0.1, 0.15) is 43.2 Å². The highest BCUT2D eigenvalue weighted by Crippen LogP contribution is 2.43. The summed E-state index contributed by atoms with van der Waals surface area (Å²) in [5.41, 5.74) is 7.98. The summed E-state index contributed by atoms with van der Waals surface area (Å²) in [7, 11) is 0. The van der Waals surface area contributed by atoms with Crippen LogP contribution in [0.3, 0.4) is 0 Å². The molecule has 3 aromatic carbocycles. The van der Waals surface area contributed by atoms with Gasteiger partial charge in [0.05, 0.1) is 17.5 Å². The van der Waals surface area contributed by atoms with E-state index in [0.29, 0.717) is 28.7 Å². The third-order valence-corrected chi connectivity index (χ3v) is 6.42. The molecule has 0 saturated heterocycles. The molecular weight excluding hydrogens is 527 g/mol. The van der Waals surface area contributed by atoms with E-state index in [1.165, 1.54) is 6.07 Å². The van der Waals surface area contributed by atoms with Crippen molar-refractivity contribution in [3.63, 3.8) is 0 Å². The van der Waals surface area contributed by atoms with Crippen LogP contribution >= 0.6 is 23.2 Å². The van der Waals surface area contributed by atoms with E-state index in [1.807, 2.05) is 24.3 Å². The molecule has 38 heavy (non-hydrogen) atoms. The minimum atomic E-state index is -0.640. The minimum Gasteiger partial charge on any atom is -0.494 e. The molecule has 0 radical (unpaired) electrons. The van der Waals surface area contributed by atoms with Gasteiger partial charge in [-0.25, -0.2) is 4.79 Å². The maximum Gasteiger partial charge on any atom is 0.349 e. The zero-order chi connectivity index (χ0) is 27.1. The number of nitrogens with two attached hydrogens (primary N) is 1. The number of unbranched alkanes of at least 4 members (excludes halogenated alkanes) is 2. The van der Waals surface area contributed by atoms with Crippen molar-refractivity contribution in [1.29, 1.82) is 5.26 Å². The first-order valence-corrected chi connectivity index (χ1v) is 12.9. The summed E-state index contributed by atoms with van der Waals surface area (Å²) in [5, 5.41) is 10.5. The number of hydrogen-bond donors (Lipinski definition) is 1. The Balaban J connectivity index is 1.48. The normalized spacial score (nSPS) is 14.2. The standard InChI is InChI=1S/C29H26Cl2N2O5/c1-2-3-4-13-35-20-8-5-18(6-9-20)28-22-11-10-21(15-26(22)38-29(33)23(28)16-32)37-27(34)17-36-25-12-7-19(30)14-24(25)31/h5-12,14-15,28H,2-4,13,17,33H2,1H3. The number of esters is 1. The summed E-state index contributed by atoms with van der Waals surface area (Å²) in [4.78, 5) is 12.4. The fraction of sp³-hybridized carbons (Fsp3) is 0.241. The summed E-state index contributed by atoms with van der Waals surface area (Å²) in [6, 6.07) is 19.4. The second-order valence-corrected chi connectivity index (χ2v) is 9.43. The SMILES string of the molecule is CCCCCOc1ccc(C2C(C#N)=C(N)Oc3cc(OC(=O)COc4ccc(Cl)cc4Cl)ccc32)cc1. The molecule has 0 bridgehead atoms. The number of ether oxygens (including phenoxy) is 4. The van der Waals surface area contributed by atoms with E-state index in [9.17, 15) is 10.1 Å². The van der Waals surface area contributed by atoms with E-state index < -0.39 is 11.9 Å². The molecule has 0 aromatic heterocycles.